The van der Waals surface area contributed by atoms with Crippen LogP contribution in [0.1, 0.15) is 38.8 Å². The number of halogens is 1. The van der Waals surface area contributed by atoms with Gasteiger partial charge in [-0.25, -0.2) is 9.97 Å². The van der Waals surface area contributed by atoms with Gasteiger partial charge < -0.3 is 10.2 Å². The molecule has 0 spiro atoms. The van der Waals surface area contributed by atoms with Gasteiger partial charge in [0.15, 0.2) is 0 Å². The molecule has 0 amide bonds. The lowest BCUT2D eigenvalue weighted by atomic mass is 10.2. The molecule has 0 saturated carbocycles. The Morgan fingerprint density at radius 2 is 2.26 bits per heavy atom. The number of aromatic nitrogens is 2. The SMILES string of the molecule is CCCCc1cc(N2CC[C@H](NCC)C2)nc(Cl)n1. The van der Waals surface area contributed by atoms with Crippen molar-refractivity contribution in [2.24, 2.45) is 0 Å². The minimum Gasteiger partial charge on any atom is -0.355 e. The van der Waals surface area contributed by atoms with Crippen LogP contribution in [0.3, 0.4) is 0 Å². The fourth-order valence-electron chi connectivity index (χ4n) is 2.52. The molecule has 2 heterocycles. The Kier molecular flexibility index (Phi) is 5.40. The molecule has 1 saturated heterocycles. The molecule has 106 valence electrons. The summed E-state index contributed by atoms with van der Waals surface area (Å²) in [5, 5.41) is 3.86. The predicted molar refractivity (Wildman–Crippen MR) is 79.9 cm³/mol. The Labute approximate surface area is 120 Å². The Morgan fingerprint density at radius 3 is 3.00 bits per heavy atom. The second-order valence-corrected chi connectivity index (χ2v) is 5.42. The van der Waals surface area contributed by atoms with E-state index in [1.807, 2.05) is 0 Å². The molecule has 1 aromatic heterocycles. The van der Waals surface area contributed by atoms with E-state index >= 15 is 0 Å². The normalized spacial score (nSPS) is 19.1. The van der Waals surface area contributed by atoms with Crippen molar-refractivity contribution < 1.29 is 0 Å². The van der Waals surface area contributed by atoms with Crippen LogP contribution < -0.4 is 10.2 Å². The van der Waals surface area contributed by atoms with Gasteiger partial charge in [0.1, 0.15) is 5.82 Å². The molecule has 4 nitrogen and oxygen atoms in total. The van der Waals surface area contributed by atoms with E-state index in [2.05, 4.69) is 40.1 Å². The highest BCUT2D eigenvalue weighted by molar-refractivity contribution is 6.28. The van der Waals surface area contributed by atoms with Crippen LogP contribution in [-0.2, 0) is 6.42 Å². The summed E-state index contributed by atoms with van der Waals surface area (Å²) < 4.78 is 0. The first kappa shape index (κ1) is 14.5. The number of nitrogens with one attached hydrogen (secondary N) is 1. The highest BCUT2D eigenvalue weighted by Crippen LogP contribution is 2.21. The number of anilines is 1. The highest BCUT2D eigenvalue weighted by atomic mass is 35.5. The summed E-state index contributed by atoms with van der Waals surface area (Å²) in [6.45, 7) is 7.40. The van der Waals surface area contributed by atoms with E-state index in [0.29, 0.717) is 11.3 Å². The second-order valence-electron chi connectivity index (χ2n) is 5.08. The van der Waals surface area contributed by atoms with Crippen LogP contribution in [-0.4, -0.2) is 35.6 Å². The third-order valence-electron chi connectivity index (χ3n) is 3.53. The lowest BCUT2D eigenvalue weighted by Crippen LogP contribution is -2.32. The smallest absolute Gasteiger partial charge is 0.224 e. The summed E-state index contributed by atoms with van der Waals surface area (Å²) in [6.07, 6.45) is 4.46. The zero-order valence-corrected chi connectivity index (χ0v) is 12.6. The van der Waals surface area contributed by atoms with Crippen molar-refractivity contribution in [3.63, 3.8) is 0 Å². The Morgan fingerprint density at radius 1 is 1.42 bits per heavy atom. The Hall–Kier alpha value is -0.870. The highest BCUT2D eigenvalue weighted by Gasteiger charge is 2.23. The number of hydrogen-bond donors (Lipinski definition) is 1. The first-order chi connectivity index (χ1) is 9.22. The molecule has 0 radical (unpaired) electrons. The molecular formula is C14H23ClN4. The van der Waals surface area contributed by atoms with Crippen LogP contribution in [0.4, 0.5) is 5.82 Å². The molecule has 1 aliphatic rings. The number of rotatable bonds is 6. The number of nitrogens with zero attached hydrogens (tertiary/aromatic N) is 3. The fourth-order valence-corrected chi connectivity index (χ4v) is 2.72. The first-order valence-corrected chi connectivity index (χ1v) is 7.62. The molecule has 1 atom stereocenters. The van der Waals surface area contributed by atoms with Gasteiger partial charge in [-0.1, -0.05) is 20.3 Å². The number of aryl methyl sites for hydroxylation is 1. The Bertz CT molecular complexity index is 410. The van der Waals surface area contributed by atoms with Gasteiger partial charge in [-0.3, -0.25) is 0 Å². The van der Waals surface area contributed by atoms with Crippen LogP contribution in [0, 0.1) is 0 Å². The third kappa shape index (κ3) is 4.05. The molecule has 1 aliphatic heterocycles. The lowest BCUT2D eigenvalue weighted by molar-refractivity contribution is 0.571. The predicted octanol–water partition coefficient (Wildman–Crippen LogP) is 2.66. The van der Waals surface area contributed by atoms with Gasteiger partial charge in [0.05, 0.1) is 0 Å². The maximum Gasteiger partial charge on any atom is 0.224 e. The molecule has 2 rings (SSSR count). The third-order valence-corrected chi connectivity index (χ3v) is 3.70. The van der Waals surface area contributed by atoms with Crippen LogP contribution in [0.2, 0.25) is 5.28 Å². The van der Waals surface area contributed by atoms with Crippen LogP contribution in [0.25, 0.3) is 0 Å². The maximum absolute atomic E-state index is 6.04. The van der Waals surface area contributed by atoms with Crippen molar-refractivity contribution in [2.45, 2.75) is 45.6 Å². The van der Waals surface area contributed by atoms with Crippen LogP contribution in [0.15, 0.2) is 6.07 Å². The minimum atomic E-state index is 0.371. The van der Waals surface area contributed by atoms with Crippen molar-refractivity contribution in [2.75, 3.05) is 24.5 Å². The number of unbranched alkanes of at least 4 members (excludes halogenated alkanes) is 1. The molecular weight excluding hydrogens is 260 g/mol. The molecule has 0 bridgehead atoms. The summed E-state index contributed by atoms with van der Waals surface area (Å²) >= 11 is 6.04. The standard InChI is InChI=1S/C14H23ClN4/c1-3-5-6-11-9-13(18-14(15)17-11)19-8-7-12(10-19)16-4-2/h9,12,16H,3-8,10H2,1-2H3/t12-/m0/s1. The Balaban J connectivity index is 2.05. The van der Waals surface area contributed by atoms with E-state index < -0.39 is 0 Å². The number of hydrogen-bond acceptors (Lipinski definition) is 4. The van der Waals surface area contributed by atoms with Crippen molar-refractivity contribution in [3.8, 4) is 0 Å². The summed E-state index contributed by atoms with van der Waals surface area (Å²) in [7, 11) is 0. The van der Waals surface area contributed by atoms with Gasteiger partial charge in [0.2, 0.25) is 5.28 Å². The van der Waals surface area contributed by atoms with Gasteiger partial charge in [-0.05, 0) is 37.4 Å². The van der Waals surface area contributed by atoms with E-state index in [4.69, 9.17) is 11.6 Å². The average Bonchev–Trinajstić information content (AvgIpc) is 2.85. The molecule has 1 aromatic rings. The molecule has 0 aromatic carbocycles. The summed E-state index contributed by atoms with van der Waals surface area (Å²) in [5.74, 6) is 0.978. The maximum atomic E-state index is 6.04. The molecule has 0 aliphatic carbocycles. The fraction of sp³-hybridized carbons (Fsp3) is 0.714. The van der Waals surface area contributed by atoms with Gasteiger partial charge in [-0.15, -0.1) is 0 Å². The van der Waals surface area contributed by atoms with E-state index in [9.17, 15) is 0 Å². The average molecular weight is 283 g/mol. The van der Waals surface area contributed by atoms with Gasteiger partial charge in [0, 0.05) is 30.9 Å². The molecule has 0 unspecified atom stereocenters. The largest absolute Gasteiger partial charge is 0.355 e. The first-order valence-electron chi connectivity index (χ1n) is 7.24. The molecule has 5 heteroatoms. The molecule has 1 fully saturated rings. The van der Waals surface area contributed by atoms with Crippen molar-refractivity contribution >= 4 is 17.4 Å². The van der Waals surface area contributed by atoms with E-state index in [0.717, 1.165) is 44.0 Å². The zero-order valence-electron chi connectivity index (χ0n) is 11.8. The number of likely N-dealkylation sites (N-methyl/N-ethyl adjacent to an activating group) is 1. The van der Waals surface area contributed by atoms with Gasteiger partial charge in [-0.2, -0.15) is 0 Å². The topological polar surface area (TPSA) is 41.0 Å². The summed E-state index contributed by atoms with van der Waals surface area (Å²) in [6, 6.07) is 2.66. The quantitative estimate of drug-likeness (QED) is 0.815. The van der Waals surface area contributed by atoms with E-state index in [1.165, 1.54) is 12.8 Å². The van der Waals surface area contributed by atoms with Crippen molar-refractivity contribution in [3.05, 3.63) is 17.0 Å². The van der Waals surface area contributed by atoms with Crippen LogP contribution >= 0.6 is 11.6 Å². The summed E-state index contributed by atoms with van der Waals surface area (Å²) in [5.41, 5.74) is 1.06. The zero-order chi connectivity index (χ0) is 13.7. The molecule has 19 heavy (non-hydrogen) atoms. The van der Waals surface area contributed by atoms with Gasteiger partial charge >= 0.3 is 0 Å². The summed E-state index contributed by atoms with van der Waals surface area (Å²) in [4.78, 5) is 11.0. The monoisotopic (exact) mass is 282 g/mol. The van der Waals surface area contributed by atoms with E-state index in [-0.39, 0.29) is 0 Å². The molecule has 1 N–H and O–H groups in total. The van der Waals surface area contributed by atoms with Gasteiger partial charge in [0.25, 0.3) is 0 Å². The second kappa shape index (κ2) is 7.06. The van der Waals surface area contributed by atoms with E-state index in [1.54, 1.807) is 0 Å². The van der Waals surface area contributed by atoms with Crippen LogP contribution in [0.5, 0.6) is 0 Å². The lowest BCUT2D eigenvalue weighted by Gasteiger charge is -2.18. The van der Waals surface area contributed by atoms with Crippen molar-refractivity contribution in [1.29, 1.82) is 0 Å². The van der Waals surface area contributed by atoms with Crippen molar-refractivity contribution in [1.82, 2.24) is 15.3 Å². The minimum absolute atomic E-state index is 0.371.